The Morgan fingerprint density at radius 1 is 1.15 bits per heavy atom. The van der Waals surface area contributed by atoms with Crippen LogP contribution in [0.3, 0.4) is 0 Å². The summed E-state index contributed by atoms with van der Waals surface area (Å²) in [6.45, 7) is 3.41. The molecular formula is C25H31N7O2. The van der Waals surface area contributed by atoms with Gasteiger partial charge in [0, 0.05) is 37.2 Å². The zero-order valence-corrected chi connectivity index (χ0v) is 19.4. The Balaban J connectivity index is 1.37. The summed E-state index contributed by atoms with van der Waals surface area (Å²) in [6.07, 6.45) is 8.71. The van der Waals surface area contributed by atoms with Crippen LogP contribution in [0.5, 0.6) is 0 Å². The highest BCUT2D eigenvalue weighted by atomic mass is 16.3. The van der Waals surface area contributed by atoms with Crippen LogP contribution in [0.1, 0.15) is 45.1 Å². The molecule has 4 heterocycles. The Kier molecular flexibility index (Phi) is 5.45. The number of β-amino-alcohol motifs (C(OH)–C–C–N with tert-alkyl or cyclic N) is 1. The predicted octanol–water partition coefficient (Wildman–Crippen LogP) is 3.30. The number of fused-ring (bicyclic) bond motifs is 2. The van der Waals surface area contributed by atoms with Crippen LogP contribution in [0.2, 0.25) is 0 Å². The van der Waals surface area contributed by atoms with Crippen LogP contribution < -0.4 is 4.90 Å². The lowest BCUT2D eigenvalue weighted by Gasteiger charge is -2.35. The maximum atomic E-state index is 10.4. The Labute approximate surface area is 197 Å². The number of anilines is 1. The number of piperidine rings is 1. The molecule has 4 atom stereocenters. The second-order valence-corrected chi connectivity index (χ2v) is 10.00. The maximum Gasteiger partial charge on any atom is 0.228 e. The summed E-state index contributed by atoms with van der Waals surface area (Å²) in [5, 5.41) is 19.9. The number of H-pyrrole nitrogens is 1. The highest BCUT2D eigenvalue weighted by Crippen LogP contribution is 2.35. The van der Waals surface area contributed by atoms with E-state index in [1.165, 1.54) is 25.7 Å². The van der Waals surface area contributed by atoms with Gasteiger partial charge >= 0.3 is 0 Å². The van der Waals surface area contributed by atoms with Crippen molar-refractivity contribution in [3.63, 3.8) is 0 Å². The average Bonchev–Trinajstić information content (AvgIpc) is 3.50. The quantitative estimate of drug-likeness (QED) is 0.427. The number of hydrogen-bond donors (Lipinski definition) is 3. The normalized spacial score (nSPS) is 25.9. The zero-order valence-electron chi connectivity index (χ0n) is 19.4. The minimum absolute atomic E-state index is 0.00799. The number of nitrogens with zero attached hydrogens (tertiary/aromatic N) is 6. The molecule has 1 saturated carbocycles. The van der Waals surface area contributed by atoms with Crippen LogP contribution in [-0.4, -0.2) is 65.5 Å². The first-order valence-corrected chi connectivity index (χ1v) is 12.3. The van der Waals surface area contributed by atoms with Crippen molar-refractivity contribution in [2.24, 2.45) is 11.8 Å². The molecule has 1 aromatic carbocycles. The topological polar surface area (TPSA) is 116 Å². The van der Waals surface area contributed by atoms with Crippen LogP contribution in [0.15, 0.2) is 30.9 Å². The fraction of sp³-hybridized carbons (Fsp3) is 0.520. The van der Waals surface area contributed by atoms with E-state index < -0.39 is 6.10 Å². The first kappa shape index (κ1) is 21.5. The minimum Gasteiger partial charge on any atom is -0.396 e. The summed E-state index contributed by atoms with van der Waals surface area (Å²) in [6, 6.07) is 6.86. The number of aliphatic hydroxyl groups is 2. The second kappa shape index (κ2) is 8.63. The van der Waals surface area contributed by atoms with Crippen molar-refractivity contribution in [1.29, 1.82) is 0 Å². The SMILES string of the molecule is CC1CCCC(n2cnc3cc(-c4nc(N5CC[C@H](CO)[C@@H](O)C5)nc5nc[nH]c45)ccc32)C1. The van der Waals surface area contributed by atoms with E-state index in [2.05, 4.69) is 44.6 Å². The summed E-state index contributed by atoms with van der Waals surface area (Å²) in [7, 11) is 0. The molecule has 1 aliphatic carbocycles. The molecule has 34 heavy (non-hydrogen) atoms. The van der Waals surface area contributed by atoms with Crippen LogP contribution in [0.25, 0.3) is 33.5 Å². The number of aliphatic hydroxyl groups excluding tert-OH is 2. The van der Waals surface area contributed by atoms with Gasteiger partial charge in [0.05, 0.1) is 29.8 Å². The highest BCUT2D eigenvalue weighted by Gasteiger charge is 2.29. The third-order valence-corrected chi connectivity index (χ3v) is 7.66. The zero-order chi connectivity index (χ0) is 23.2. The number of rotatable bonds is 4. The van der Waals surface area contributed by atoms with E-state index >= 15 is 0 Å². The number of aromatic amines is 1. The molecule has 2 unspecified atom stereocenters. The van der Waals surface area contributed by atoms with Gasteiger partial charge in [-0.2, -0.15) is 4.98 Å². The van der Waals surface area contributed by atoms with Crippen LogP contribution in [-0.2, 0) is 0 Å². The monoisotopic (exact) mass is 461 g/mol. The number of imidazole rings is 2. The first-order chi connectivity index (χ1) is 16.6. The maximum absolute atomic E-state index is 10.4. The molecule has 9 nitrogen and oxygen atoms in total. The number of nitrogens with one attached hydrogen (secondary N) is 1. The standard InChI is InChI=1S/C25H31N7O2/c1-15-3-2-4-18(9-15)32-14-28-19-10-16(5-6-20(19)32)22-23-24(27-13-26-23)30-25(29-22)31-8-7-17(12-33)21(34)11-31/h5-6,10,13-15,17-18,21,33-34H,2-4,7-9,11-12H2,1H3,(H,26,27,29,30)/t15?,17-,18?,21+/m1/s1. The van der Waals surface area contributed by atoms with Gasteiger partial charge in [0.25, 0.3) is 0 Å². The molecule has 6 rings (SSSR count). The van der Waals surface area contributed by atoms with Gasteiger partial charge in [0.15, 0.2) is 5.65 Å². The summed E-state index contributed by atoms with van der Waals surface area (Å²) in [4.78, 5) is 23.8. The van der Waals surface area contributed by atoms with E-state index in [9.17, 15) is 10.2 Å². The fourth-order valence-corrected chi connectivity index (χ4v) is 5.67. The van der Waals surface area contributed by atoms with E-state index in [0.29, 0.717) is 37.1 Å². The van der Waals surface area contributed by atoms with Gasteiger partial charge in [-0.1, -0.05) is 25.8 Å². The Morgan fingerprint density at radius 3 is 2.88 bits per heavy atom. The van der Waals surface area contributed by atoms with Gasteiger partial charge in [-0.25, -0.2) is 15.0 Å². The molecule has 0 bridgehead atoms. The van der Waals surface area contributed by atoms with Gasteiger partial charge in [-0.15, -0.1) is 0 Å². The molecule has 0 amide bonds. The Bertz CT molecular complexity index is 1320. The van der Waals surface area contributed by atoms with Crippen molar-refractivity contribution >= 4 is 28.1 Å². The minimum atomic E-state index is -0.608. The second-order valence-electron chi connectivity index (χ2n) is 10.00. The van der Waals surface area contributed by atoms with Gasteiger partial charge in [-0.05, 0) is 37.3 Å². The van der Waals surface area contributed by atoms with Gasteiger partial charge < -0.3 is 24.7 Å². The van der Waals surface area contributed by atoms with Crippen molar-refractivity contribution < 1.29 is 10.2 Å². The molecule has 2 fully saturated rings. The van der Waals surface area contributed by atoms with Gasteiger partial charge in [0.2, 0.25) is 5.95 Å². The van der Waals surface area contributed by atoms with E-state index in [1.807, 2.05) is 11.2 Å². The molecule has 1 saturated heterocycles. The highest BCUT2D eigenvalue weighted by molar-refractivity contribution is 5.91. The molecule has 1 aliphatic heterocycles. The molecular weight excluding hydrogens is 430 g/mol. The van der Waals surface area contributed by atoms with Crippen LogP contribution >= 0.6 is 0 Å². The summed E-state index contributed by atoms with van der Waals surface area (Å²) in [5.41, 5.74) is 5.24. The first-order valence-electron chi connectivity index (χ1n) is 12.3. The van der Waals surface area contributed by atoms with E-state index in [4.69, 9.17) is 9.97 Å². The van der Waals surface area contributed by atoms with E-state index in [0.717, 1.165) is 33.7 Å². The third-order valence-electron chi connectivity index (χ3n) is 7.66. The summed E-state index contributed by atoms with van der Waals surface area (Å²) >= 11 is 0. The summed E-state index contributed by atoms with van der Waals surface area (Å²) < 4.78 is 2.35. The molecule has 4 aromatic rings. The molecule has 0 radical (unpaired) electrons. The smallest absolute Gasteiger partial charge is 0.228 e. The van der Waals surface area contributed by atoms with Crippen molar-refractivity contribution in [2.45, 2.75) is 51.2 Å². The van der Waals surface area contributed by atoms with Crippen molar-refractivity contribution in [3.8, 4) is 11.3 Å². The average molecular weight is 462 g/mol. The van der Waals surface area contributed by atoms with E-state index in [1.54, 1.807) is 6.33 Å². The summed E-state index contributed by atoms with van der Waals surface area (Å²) in [5.74, 6) is 1.20. The Morgan fingerprint density at radius 2 is 2.06 bits per heavy atom. The van der Waals surface area contributed by atoms with Gasteiger partial charge in [-0.3, -0.25) is 0 Å². The van der Waals surface area contributed by atoms with Gasteiger partial charge in [0.1, 0.15) is 11.2 Å². The van der Waals surface area contributed by atoms with E-state index in [-0.39, 0.29) is 12.5 Å². The largest absolute Gasteiger partial charge is 0.396 e. The number of aromatic nitrogens is 6. The molecule has 178 valence electrons. The predicted molar refractivity (Wildman–Crippen MR) is 130 cm³/mol. The number of benzene rings is 1. The lowest BCUT2D eigenvalue weighted by atomic mass is 9.87. The number of hydrogen-bond acceptors (Lipinski definition) is 7. The van der Waals surface area contributed by atoms with Crippen molar-refractivity contribution in [2.75, 3.05) is 24.6 Å². The molecule has 0 spiro atoms. The lowest BCUT2D eigenvalue weighted by molar-refractivity contribution is 0.0544. The fourth-order valence-electron chi connectivity index (χ4n) is 5.67. The van der Waals surface area contributed by atoms with Crippen LogP contribution in [0.4, 0.5) is 5.95 Å². The lowest BCUT2D eigenvalue weighted by Crippen LogP contribution is -2.45. The third kappa shape index (κ3) is 3.73. The molecule has 3 N–H and O–H groups in total. The van der Waals surface area contributed by atoms with Crippen molar-refractivity contribution in [1.82, 2.24) is 29.5 Å². The molecule has 9 heteroatoms. The Hall–Kier alpha value is -3.04. The van der Waals surface area contributed by atoms with Crippen LogP contribution in [0, 0.1) is 11.8 Å². The molecule has 3 aromatic heterocycles. The molecule has 2 aliphatic rings. The van der Waals surface area contributed by atoms with Crippen molar-refractivity contribution in [3.05, 3.63) is 30.9 Å².